The molecule has 4 nitrogen and oxygen atoms in total. The lowest BCUT2D eigenvalue weighted by Crippen LogP contribution is -2.28. The van der Waals surface area contributed by atoms with E-state index in [2.05, 4.69) is 15.5 Å². The minimum absolute atomic E-state index is 0.0558. The molecule has 0 saturated carbocycles. The summed E-state index contributed by atoms with van der Waals surface area (Å²) >= 11 is 0. The van der Waals surface area contributed by atoms with E-state index in [9.17, 15) is 13.2 Å². The fourth-order valence-electron chi connectivity index (χ4n) is 1.44. The third kappa shape index (κ3) is 6.93. The van der Waals surface area contributed by atoms with Crippen LogP contribution in [0.3, 0.4) is 0 Å². The summed E-state index contributed by atoms with van der Waals surface area (Å²) in [5.41, 5.74) is 0. The van der Waals surface area contributed by atoms with Crippen LogP contribution in [0, 0.1) is 0 Å². The van der Waals surface area contributed by atoms with Gasteiger partial charge in [0.15, 0.2) is 6.33 Å². The molecule has 98 valence electrons. The van der Waals surface area contributed by atoms with Crippen LogP contribution in [0.2, 0.25) is 0 Å². The van der Waals surface area contributed by atoms with Crippen LogP contribution in [-0.2, 0) is 6.42 Å². The highest BCUT2D eigenvalue weighted by molar-refractivity contribution is 4.76. The molecule has 17 heavy (non-hydrogen) atoms. The zero-order valence-corrected chi connectivity index (χ0v) is 9.63. The van der Waals surface area contributed by atoms with Crippen LogP contribution in [0.15, 0.2) is 10.9 Å². The van der Waals surface area contributed by atoms with Gasteiger partial charge in [0.1, 0.15) is 0 Å². The van der Waals surface area contributed by atoms with Crippen LogP contribution in [0.1, 0.15) is 32.1 Å². The van der Waals surface area contributed by atoms with E-state index in [1.54, 1.807) is 0 Å². The minimum Gasteiger partial charge on any atom is -0.340 e. The van der Waals surface area contributed by atoms with E-state index in [1.165, 1.54) is 6.33 Å². The maximum absolute atomic E-state index is 11.9. The van der Waals surface area contributed by atoms with Crippen LogP contribution < -0.4 is 5.32 Å². The molecule has 0 amide bonds. The first-order chi connectivity index (χ1) is 7.97. The number of aromatic nitrogens is 2. The van der Waals surface area contributed by atoms with Crippen LogP contribution in [-0.4, -0.2) is 28.9 Å². The highest BCUT2D eigenvalue weighted by atomic mass is 19.4. The van der Waals surface area contributed by atoms with E-state index >= 15 is 0 Å². The fourth-order valence-corrected chi connectivity index (χ4v) is 1.44. The second-order valence-electron chi connectivity index (χ2n) is 3.95. The molecule has 0 radical (unpaired) electrons. The van der Waals surface area contributed by atoms with Gasteiger partial charge in [-0.25, -0.2) is 0 Å². The number of hydrogen-bond acceptors (Lipinski definition) is 4. The van der Waals surface area contributed by atoms with Crippen LogP contribution in [0.5, 0.6) is 0 Å². The fraction of sp³-hybridized carbons (Fsp3) is 0.800. The van der Waals surface area contributed by atoms with Crippen LogP contribution in [0.25, 0.3) is 0 Å². The molecule has 7 heteroatoms. The number of alkyl halides is 3. The highest BCUT2D eigenvalue weighted by Gasteiger charge is 2.26. The van der Waals surface area contributed by atoms with Gasteiger partial charge < -0.3 is 9.84 Å². The number of nitrogens with zero attached hydrogens (tertiary/aromatic N) is 2. The monoisotopic (exact) mass is 251 g/mol. The van der Waals surface area contributed by atoms with Gasteiger partial charge >= 0.3 is 6.18 Å². The summed E-state index contributed by atoms with van der Waals surface area (Å²) in [6.45, 7) is 2.49. The first kappa shape index (κ1) is 14.0. The van der Waals surface area contributed by atoms with Crippen molar-refractivity contribution in [1.29, 1.82) is 0 Å². The molecule has 1 aromatic rings. The molecule has 1 rings (SSSR count). The number of hydrogen-bond donors (Lipinski definition) is 1. The summed E-state index contributed by atoms with van der Waals surface area (Å²) in [6, 6.07) is 0.0558. The normalized spacial score (nSPS) is 13.9. The third-order valence-electron chi connectivity index (χ3n) is 2.34. The van der Waals surface area contributed by atoms with E-state index in [-0.39, 0.29) is 12.5 Å². The molecule has 1 unspecified atom stereocenters. The topological polar surface area (TPSA) is 51.0 Å². The van der Waals surface area contributed by atoms with Gasteiger partial charge in [-0.3, -0.25) is 0 Å². The zero-order valence-electron chi connectivity index (χ0n) is 9.63. The van der Waals surface area contributed by atoms with Gasteiger partial charge in [-0.2, -0.15) is 18.2 Å². The highest BCUT2D eigenvalue weighted by Crippen LogP contribution is 2.22. The Morgan fingerprint density at radius 3 is 2.82 bits per heavy atom. The van der Waals surface area contributed by atoms with Crippen molar-refractivity contribution in [2.24, 2.45) is 0 Å². The van der Waals surface area contributed by atoms with Crippen molar-refractivity contribution in [2.75, 3.05) is 6.54 Å². The average molecular weight is 251 g/mol. The Morgan fingerprint density at radius 1 is 1.47 bits per heavy atom. The number of halogens is 3. The molecule has 0 bridgehead atoms. The maximum Gasteiger partial charge on any atom is 0.389 e. The Hall–Kier alpha value is -1.11. The predicted octanol–water partition coefficient (Wildman–Crippen LogP) is 2.32. The van der Waals surface area contributed by atoms with Crippen molar-refractivity contribution < 1.29 is 17.7 Å². The molecule has 0 aliphatic rings. The quantitative estimate of drug-likeness (QED) is 0.808. The van der Waals surface area contributed by atoms with Crippen LogP contribution >= 0.6 is 0 Å². The lowest BCUT2D eigenvalue weighted by Gasteiger charge is -2.13. The first-order valence-electron chi connectivity index (χ1n) is 5.53. The van der Waals surface area contributed by atoms with Crippen molar-refractivity contribution in [2.45, 2.75) is 44.8 Å². The number of nitrogens with one attached hydrogen (secondary N) is 1. The summed E-state index contributed by atoms with van der Waals surface area (Å²) < 4.78 is 40.5. The molecule has 1 N–H and O–H groups in total. The van der Waals surface area contributed by atoms with Gasteiger partial charge in [0.25, 0.3) is 0 Å². The molecule has 1 aromatic heterocycles. The van der Waals surface area contributed by atoms with E-state index in [0.29, 0.717) is 25.3 Å². The smallest absolute Gasteiger partial charge is 0.340 e. The summed E-state index contributed by atoms with van der Waals surface area (Å²) in [7, 11) is 0. The molecule has 0 aliphatic heterocycles. The standard InChI is InChI=1S/C10H16F3N3O/c1-8(3-2-5-10(11,12)13)14-6-4-9-15-7-16-17-9/h7-8,14H,2-6H2,1H3. The Kier molecular flexibility index (Phi) is 5.40. The molecule has 0 aromatic carbocycles. The van der Waals surface area contributed by atoms with Crippen molar-refractivity contribution in [3.63, 3.8) is 0 Å². The molecule has 0 aliphatic carbocycles. The van der Waals surface area contributed by atoms with E-state index in [4.69, 9.17) is 4.52 Å². The number of rotatable bonds is 7. The summed E-state index contributed by atoms with van der Waals surface area (Å²) in [5.74, 6) is 0.528. The lowest BCUT2D eigenvalue weighted by molar-refractivity contribution is -0.135. The first-order valence-corrected chi connectivity index (χ1v) is 5.53. The van der Waals surface area contributed by atoms with Gasteiger partial charge in [-0.05, 0) is 19.8 Å². The van der Waals surface area contributed by atoms with Crippen molar-refractivity contribution in [3.8, 4) is 0 Å². The van der Waals surface area contributed by atoms with Gasteiger partial charge in [-0.15, -0.1) is 0 Å². The van der Waals surface area contributed by atoms with E-state index in [0.717, 1.165) is 0 Å². The van der Waals surface area contributed by atoms with Gasteiger partial charge in [-0.1, -0.05) is 5.16 Å². The van der Waals surface area contributed by atoms with Crippen molar-refractivity contribution in [1.82, 2.24) is 15.5 Å². The molecular weight excluding hydrogens is 235 g/mol. The molecule has 1 heterocycles. The van der Waals surface area contributed by atoms with Crippen molar-refractivity contribution in [3.05, 3.63) is 12.2 Å². The molecule has 0 saturated heterocycles. The second kappa shape index (κ2) is 6.58. The van der Waals surface area contributed by atoms with Gasteiger partial charge in [0, 0.05) is 25.4 Å². The lowest BCUT2D eigenvalue weighted by atomic mass is 10.1. The summed E-state index contributed by atoms with van der Waals surface area (Å²) in [4.78, 5) is 3.84. The van der Waals surface area contributed by atoms with Crippen molar-refractivity contribution >= 4 is 0 Å². The molecule has 0 spiro atoms. The maximum atomic E-state index is 11.9. The predicted molar refractivity (Wildman–Crippen MR) is 55.4 cm³/mol. The Balaban J connectivity index is 2.03. The Labute approximate surface area is 97.6 Å². The average Bonchev–Trinajstić information content (AvgIpc) is 2.68. The minimum atomic E-state index is -4.05. The third-order valence-corrected chi connectivity index (χ3v) is 2.34. The van der Waals surface area contributed by atoms with E-state index in [1.807, 2.05) is 6.92 Å². The second-order valence-corrected chi connectivity index (χ2v) is 3.95. The molecule has 0 fully saturated rings. The largest absolute Gasteiger partial charge is 0.389 e. The Morgan fingerprint density at radius 2 is 2.24 bits per heavy atom. The SMILES string of the molecule is CC(CCCC(F)(F)F)NCCc1ncno1. The van der Waals surface area contributed by atoms with Gasteiger partial charge in [0.05, 0.1) is 0 Å². The molecule has 1 atom stereocenters. The Bertz CT molecular complexity index is 300. The van der Waals surface area contributed by atoms with Gasteiger partial charge in [0.2, 0.25) is 5.89 Å². The molecular formula is C10H16F3N3O. The van der Waals surface area contributed by atoms with Crippen LogP contribution in [0.4, 0.5) is 13.2 Å². The summed E-state index contributed by atoms with van der Waals surface area (Å²) in [6.07, 6.45) is -2.21. The summed E-state index contributed by atoms with van der Waals surface area (Å²) in [5, 5.41) is 6.57. The zero-order chi connectivity index (χ0) is 12.7. The van der Waals surface area contributed by atoms with E-state index < -0.39 is 12.6 Å².